The van der Waals surface area contributed by atoms with Crippen LogP contribution in [0.25, 0.3) is 0 Å². The maximum Gasteiger partial charge on any atom is 0.217 e. The van der Waals surface area contributed by atoms with Gasteiger partial charge in [0, 0.05) is 19.5 Å². The molecule has 0 aromatic carbocycles. The minimum absolute atomic E-state index is 0.209. The third kappa shape index (κ3) is 5.47. The Morgan fingerprint density at radius 1 is 1.56 bits per heavy atom. The van der Waals surface area contributed by atoms with E-state index >= 15 is 0 Å². The first-order chi connectivity index (χ1) is 7.37. The van der Waals surface area contributed by atoms with E-state index in [9.17, 15) is 9.90 Å². The van der Waals surface area contributed by atoms with Crippen molar-refractivity contribution in [3.63, 3.8) is 0 Å². The zero-order chi connectivity index (χ0) is 12.2. The van der Waals surface area contributed by atoms with Crippen molar-refractivity contribution in [2.45, 2.75) is 45.1 Å². The van der Waals surface area contributed by atoms with Gasteiger partial charge in [-0.3, -0.25) is 4.79 Å². The van der Waals surface area contributed by atoms with Crippen molar-refractivity contribution >= 4 is 5.91 Å². The molecule has 0 bridgehead atoms. The van der Waals surface area contributed by atoms with Crippen LogP contribution in [0.4, 0.5) is 0 Å². The van der Waals surface area contributed by atoms with Crippen LogP contribution >= 0.6 is 0 Å². The topological polar surface area (TPSA) is 66.6 Å². The van der Waals surface area contributed by atoms with E-state index in [1.165, 1.54) is 6.42 Å². The lowest BCUT2D eigenvalue weighted by atomic mass is 9.92. The van der Waals surface area contributed by atoms with Crippen molar-refractivity contribution in [3.8, 4) is 0 Å². The van der Waals surface area contributed by atoms with Crippen LogP contribution < -0.4 is 5.73 Å². The number of nitrogens with two attached hydrogens (primary N) is 1. The summed E-state index contributed by atoms with van der Waals surface area (Å²) in [6.45, 7) is 6.41. The fourth-order valence-electron chi connectivity index (χ4n) is 2.42. The summed E-state index contributed by atoms with van der Waals surface area (Å²) in [7, 11) is 0. The third-order valence-corrected chi connectivity index (χ3v) is 3.01. The summed E-state index contributed by atoms with van der Waals surface area (Å²) in [6, 6.07) is 0. The van der Waals surface area contributed by atoms with Crippen molar-refractivity contribution < 1.29 is 9.90 Å². The first-order valence-electron chi connectivity index (χ1n) is 6.10. The Balaban J connectivity index is 2.32. The standard InChI is InChI=1S/C12H24N2O2/c1-12(2,16)9-14-7-3-4-10(8-14)5-6-11(13)15/h10,16H,3-9H2,1-2H3,(H2,13,15). The van der Waals surface area contributed by atoms with Crippen molar-refractivity contribution in [1.29, 1.82) is 0 Å². The van der Waals surface area contributed by atoms with E-state index in [-0.39, 0.29) is 5.91 Å². The molecule has 1 heterocycles. The number of hydrogen-bond acceptors (Lipinski definition) is 3. The molecule has 4 nitrogen and oxygen atoms in total. The summed E-state index contributed by atoms with van der Waals surface area (Å²) in [5.74, 6) is 0.350. The smallest absolute Gasteiger partial charge is 0.217 e. The van der Waals surface area contributed by atoms with E-state index in [4.69, 9.17) is 5.73 Å². The molecule has 1 atom stereocenters. The molecule has 1 saturated heterocycles. The molecule has 16 heavy (non-hydrogen) atoms. The van der Waals surface area contributed by atoms with Crippen LogP contribution in [0.2, 0.25) is 0 Å². The second-order valence-corrected chi connectivity index (χ2v) is 5.56. The quantitative estimate of drug-likeness (QED) is 0.729. The van der Waals surface area contributed by atoms with E-state index < -0.39 is 5.60 Å². The van der Waals surface area contributed by atoms with E-state index in [0.717, 1.165) is 25.9 Å². The van der Waals surface area contributed by atoms with E-state index in [1.54, 1.807) is 0 Å². The predicted molar refractivity (Wildman–Crippen MR) is 63.9 cm³/mol. The number of piperidine rings is 1. The zero-order valence-corrected chi connectivity index (χ0v) is 10.4. The molecular weight excluding hydrogens is 204 g/mol. The van der Waals surface area contributed by atoms with Gasteiger partial charge in [0.05, 0.1) is 5.60 Å². The third-order valence-electron chi connectivity index (χ3n) is 3.01. The summed E-state index contributed by atoms with van der Waals surface area (Å²) in [6.07, 6.45) is 3.70. The molecule has 0 spiro atoms. The van der Waals surface area contributed by atoms with Crippen LogP contribution in [0.1, 0.15) is 39.5 Å². The Morgan fingerprint density at radius 2 is 2.25 bits per heavy atom. The minimum Gasteiger partial charge on any atom is -0.389 e. The average Bonchev–Trinajstić information content (AvgIpc) is 2.12. The second-order valence-electron chi connectivity index (χ2n) is 5.56. The van der Waals surface area contributed by atoms with Crippen molar-refractivity contribution in [2.75, 3.05) is 19.6 Å². The van der Waals surface area contributed by atoms with E-state index in [1.807, 2.05) is 13.8 Å². The number of amides is 1. The zero-order valence-electron chi connectivity index (χ0n) is 10.4. The molecule has 94 valence electrons. The van der Waals surface area contributed by atoms with E-state index in [0.29, 0.717) is 18.9 Å². The number of nitrogens with zero attached hydrogens (tertiary/aromatic N) is 1. The first kappa shape index (κ1) is 13.5. The van der Waals surface area contributed by atoms with Crippen molar-refractivity contribution in [1.82, 2.24) is 4.90 Å². The lowest BCUT2D eigenvalue weighted by molar-refractivity contribution is -0.118. The van der Waals surface area contributed by atoms with Crippen LogP contribution in [0.5, 0.6) is 0 Å². The number of likely N-dealkylation sites (tertiary alicyclic amines) is 1. The predicted octanol–water partition coefficient (Wildman–Crippen LogP) is 0.735. The van der Waals surface area contributed by atoms with Crippen LogP contribution in [-0.4, -0.2) is 41.1 Å². The Labute approximate surface area is 97.8 Å². The van der Waals surface area contributed by atoms with Gasteiger partial charge < -0.3 is 15.7 Å². The van der Waals surface area contributed by atoms with Gasteiger partial charge in [-0.05, 0) is 45.6 Å². The highest BCUT2D eigenvalue weighted by Gasteiger charge is 2.24. The summed E-state index contributed by atoms with van der Waals surface area (Å²) in [5, 5.41) is 9.76. The number of carbonyl (C=O) groups excluding carboxylic acids is 1. The average molecular weight is 228 g/mol. The molecule has 0 aromatic rings. The van der Waals surface area contributed by atoms with Crippen LogP contribution in [0.15, 0.2) is 0 Å². The fourth-order valence-corrected chi connectivity index (χ4v) is 2.42. The largest absolute Gasteiger partial charge is 0.389 e. The summed E-state index contributed by atoms with van der Waals surface area (Å²) < 4.78 is 0. The maximum absolute atomic E-state index is 10.7. The molecule has 0 aromatic heterocycles. The molecule has 1 unspecified atom stereocenters. The normalized spacial score (nSPS) is 23.3. The number of rotatable bonds is 5. The summed E-state index contributed by atoms with van der Waals surface area (Å²) in [4.78, 5) is 13.0. The molecule has 1 aliphatic rings. The van der Waals surface area contributed by atoms with Gasteiger partial charge in [0.1, 0.15) is 0 Å². The van der Waals surface area contributed by atoms with Crippen LogP contribution in [0, 0.1) is 5.92 Å². The lowest BCUT2D eigenvalue weighted by Gasteiger charge is -2.36. The molecule has 1 rings (SSSR count). The molecule has 4 heteroatoms. The van der Waals surface area contributed by atoms with Gasteiger partial charge >= 0.3 is 0 Å². The summed E-state index contributed by atoms with van der Waals surface area (Å²) in [5.41, 5.74) is 4.52. The number of hydrogen-bond donors (Lipinski definition) is 2. The Bertz CT molecular complexity index is 236. The van der Waals surface area contributed by atoms with Crippen molar-refractivity contribution in [3.05, 3.63) is 0 Å². The van der Waals surface area contributed by atoms with Crippen molar-refractivity contribution in [2.24, 2.45) is 11.7 Å². The van der Waals surface area contributed by atoms with Crippen LogP contribution in [-0.2, 0) is 4.79 Å². The fraction of sp³-hybridized carbons (Fsp3) is 0.917. The van der Waals surface area contributed by atoms with Gasteiger partial charge in [-0.1, -0.05) is 0 Å². The van der Waals surface area contributed by atoms with Gasteiger partial charge in [-0.2, -0.15) is 0 Å². The van der Waals surface area contributed by atoms with E-state index in [2.05, 4.69) is 4.90 Å². The monoisotopic (exact) mass is 228 g/mol. The molecule has 1 aliphatic heterocycles. The minimum atomic E-state index is -0.633. The molecule has 1 fully saturated rings. The molecule has 0 aliphatic carbocycles. The lowest BCUT2D eigenvalue weighted by Crippen LogP contribution is -2.44. The Kier molecular flexibility index (Phi) is 4.74. The number of aliphatic hydroxyl groups is 1. The van der Waals surface area contributed by atoms with Gasteiger partial charge in [0.15, 0.2) is 0 Å². The first-order valence-corrected chi connectivity index (χ1v) is 6.10. The Hall–Kier alpha value is -0.610. The molecular formula is C12H24N2O2. The van der Waals surface area contributed by atoms with Gasteiger partial charge in [0.25, 0.3) is 0 Å². The number of carbonyl (C=O) groups is 1. The second kappa shape index (κ2) is 5.64. The highest BCUT2D eigenvalue weighted by molar-refractivity contribution is 5.73. The molecule has 3 N–H and O–H groups in total. The molecule has 1 amide bonds. The Morgan fingerprint density at radius 3 is 2.81 bits per heavy atom. The van der Waals surface area contributed by atoms with Gasteiger partial charge in [-0.25, -0.2) is 0 Å². The highest BCUT2D eigenvalue weighted by atomic mass is 16.3. The highest BCUT2D eigenvalue weighted by Crippen LogP contribution is 2.22. The SMILES string of the molecule is CC(C)(O)CN1CCCC(CCC(N)=O)C1. The molecule has 0 saturated carbocycles. The van der Waals surface area contributed by atoms with Gasteiger partial charge in [0.2, 0.25) is 5.91 Å². The molecule has 0 radical (unpaired) electrons. The number of β-amino-alcohol motifs (C(OH)–C–C–N with tert-alkyl or cyclic N) is 1. The van der Waals surface area contributed by atoms with Crippen LogP contribution in [0.3, 0.4) is 0 Å². The van der Waals surface area contributed by atoms with Gasteiger partial charge in [-0.15, -0.1) is 0 Å². The summed E-state index contributed by atoms with van der Waals surface area (Å²) >= 11 is 0. The number of primary amides is 1. The maximum atomic E-state index is 10.7.